The molecule has 0 fully saturated rings. The normalized spacial score (nSPS) is 10.4. The zero-order valence-corrected chi connectivity index (χ0v) is 9.96. The SMILES string of the molecule is CCCN(CCO)c1nc(Cl)ncc1Cl. The van der Waals surface area contributed by atoms with Crippen molar-refractivity contribution in [2.45, 2.75) is 13.3 Å². The Morgan fingerprint density at radius 2 is 2.13 bits per heavy atom. The van der Waals surface area contributed by atoms with Gasteiger partial charge in [-0.3, -0.25) is 0 Å². The number of hydrogen-bond donors (Lipinski definition) is 1. The van der Waals surface area contributed by atoms with Crippen molar-refractivity contribution < 1.29 is 5.11 Å². The van der Waals surface area contributed by atoms with Gasteiger partial charge in [-0.2, -0.15) is 4.98 Å². The molecule has 1 aromatic heterocycles. The van der Waals surface area contributed by atoms with Gasteiger partial charge in [0.15, 0.2) is 5.82 Å². The second kappa shape index (κ2) is 6.10. The first-order valence-corrected chi connectivity index (χ1v) is 5.48. The number of halogens is 2. The molecule has 0 saturated carbocycles. The average Bonchev–Trinajstić information content (AvgIpc) is 2.21. The third-order valence-corrected chi connectivity index (χ3v) is 2.31. The summed E-state index contributed by atoms with van der Waals surface area (Å²) < 4.78 is 0. The molecular formula is C9H13Cl2N3O. The zero-order chi connectivity index (χ0) is 11.3. The number of anilines is 1. The van der Waals surface area contributed by atoms with Crippen LogP contribution in [0.3, 0.4) is 0 Å². The van der Waals surface area contributed by atoms with Crippen LogP contribution in [0.15, 0.2) is 6.20 Å². The van der Waals surface area contributed by atoms with E-state index in [2.05, 4.69) is 9.97 Å². The van der Waals surface area contributed by atoms with Crippen molar-refractivity contribution in [1.29, 1.82) is 0 Å². The van der Waals surface area contributed by atoms with E-state index in [4.69, 9.17) is 28.3 Å². The molecule has 0 spiro atoms. The minimum atomic E-state index is 0.0535. The van der Waals surface area contributed by atoms with Crippen LogP contribution in [-0.2, 0) is 0 Å². The van der Waals surface area contributed by atoms with Crippen LogP contribution >= 0.6 is 23.2 Å². The van der Waals surface area contributed by atoms with Gasteiger partial charge in [0.1, 0.15) is 5.02 Å². The summed E-state index contributed by atoms with van der Waals surface area (Å²) in [5.41, 5.74) is 0. The predicted molar refractivity (Wildman–Crippen MR) is 61.6 cm³/mol. The molecule has 0 aliphatic carbocycles. The second-order valence-corrected chi connectivity index (χ2v) is 3.77. The Labute approximate surface area is 98.9 Å². The number of hydrogen-bond acceptors (Lipinski definition) is 4. The molecule has 1 rings (SSSR count). The lowest BCUT2D eigenvalue weighted by molar-refractivity contribution is 0.301. The zero-order valence-electron chi connectivity index (χ0n) is 8.45. The largest absolute Gasteiger partial charge is 0.395 e. The lowest BCUT2D eigenvalue weighted by atomic mass is 10.4. The first-order chi connectivity index (χ1) is 7.19. The number of rotatable bonds is 5. The van der Waals surface area contributed by atoms with Crippen LogP contribution in [-0.4, -0.2) is 34.8 Å². The van der Waals surface area contributed by atoms with Crippen molar-refractivity contribution in [1.82, 2.24) is 9.97 Å². The molecule has 15 heavy (non-hydrogen) atoms. The molecule has 0 bridgehead atoms. The highest BCUT2D eigenvalue weighted by Gasteiger charge is 2.11. The number of aliphatic hydroxyl groups excluding tert-OH is 1. The van der Waals surface area contributed by atoms with E-state index in [-0.39, 0.29) is 11.9 Å². The highest BCUT2D eigenvalue weighted by atomic mass is 35.5. The maximum atomic E-state index is 8.92. The van der Waals surface area contributed by atoms with Gasteiger partial charge in [0, 0.05) is 13.1 Å². The Hall–Kier alpha value is -0.580. The first-order valence-electron chi connectivity index (χ1n) is 4.73. The fourth-order valence-electron chi connectivity index (χ4n) is 1.27. The predicted octanol–water partition coefficient (Wildman–Crippen LogP) is 1.99. The number of nitrogens with zero attached hydrogens (tertiary/aromatic N) is 3. The van der Waals surface area contributed by atoms with Crippen LogP contribution in [0.5, 0.6) is 0 Å². The smallest absolute Gasteiger partial charge is 0.224 e. The molecule has 0 radical (unpaired) electrons. The summed E-state index contributed by atoms with van der Waals surface area (Å²) in [5.74, 6) is 0.576. The summed E-state index contributed by atoms with van der Waals surface area (Å²) in [4.78, 5) is 9.71. The van der Waals surface area contributed by atoms with Gasteiger partial charge in [0.25, 0.3) is 0 Å². The molecule has 1 N–H and O–H groups in total. The van der Waals surface area contributed by atoms with Crippen LogP contribution in [0.1, 0.15) is 13.3 Å². The summed E-state index contributed by atoms with van der Waals surface area (Å²) in [5, 5.41) is 9.53. The fourth-order valence-corrected chi connectivity index (χ4v) is 1.61. The Morgan fingerprint density at radius 3 is 2.73 bits per heavy atom. The van der Waals surface area contributed by atoms with Crippen molar-refractivity contribution in [3.05, 3.63) is 16.5 Å². The van der Waals surface area contributed by atoms with Gasteiger partial charge >= 0.3 is 0 Å². The van der Waals surface area contributed by atoms with Gasteiger partial charge in [-0.05, 0) is 18.0 Å². The van der Waals surface area contributed by atoms with Crippen LogP contribution in [0.2, 0.25) is 10.3 Å². The van der Waals surface area contributed by atoms with Gasteiger partial charge < -0.3 is 10.0 Å². The van der Waals surface area contributed by atoms with E-state index in [9.17, 15) is 0 Å². The summed E-state index contributed by atoms with van der Waals surface area (Å²) in [6.45, 7) is 3.35. The van der Waals surface area contributed by atoms with Crippen molar-refractivity contribution in [3.63, 3.8) is 0 Å². The molecule has 4 nitrogen and oxygen atoms in total. The average molecular weight is 250 g/mol. The number of aliphatic hydroxyl groups is 1. The van der Waals surface area contributed by atoms with Crippen LogP contribution in [0.4, 0.5) is 5.82 Å². The van der Waals surface area contributed by atoms with Crippen molar-refractivity contribution in [2.24, 2.45) is 0 Å². The van der Waals surface area contributed by atoms with Crippen molar-refractivity contribution in [3.8, 4) is 0 Å². The van der Waals surface area contributed by atoms with E-state index in [0.717, 1.165) is 13.0 Å². The molecule has 0 unspecified atom stereocenters. The molecule has 0 saturated heterocycles. The van der Waals surface area contributed by atoms with Gasteiger partial charge in [-0.25, -0.2) is 4.98 Å². The molecule has 6 heteroatoms. The van der Waals surface area contributed by atoms with Crippen LogP contribution < -0.4 is 4.90 Å². The summed E-state index contributed by atoms with van der Waals surface area (Å²) in [7, 11) is 0. The van der Waals surface area contributed by atoms with Crippen LogP contribution in [0.25, 0.3) is 0 Å². The molecule has 0 aromatic carbocycles. The third kappa shape index (κ3) is 3.48. The maximum Gasteiger partial charge on any atom is 0.224 e. The van der Waals surface area contributed by atoms with Gasteiger partial charge in [-0.1, -0.05) is 18.5 Å². The fraction of sp³-hybridized carbons (Fsp3) is 0.556. The van der Waals surface area contributed by atoms with E-state index in [1.54, 1.807) is 0 Å². The Kier molecular flexibility index (Phi) is 5.08. The molecule has 0 aliphatic heterocycles. The van der Waals surface area contributed by atoms with E-state index in [1.165, 1.54) is 6.20 Å². The number of aromatic nitrogens is 2. The van der Waals surface area contributed by atoms with Gasteiger partial charge in [0.05, 0.1) is 12.8 Å². The van der Waals surface area contributed by atoms with Gasteiger partial charge in [-0.15, -0.1) is 0 Å². The molecule has 1 aromatic rings. The highest BCUT2D eigenvalue weighted by molar-refractivity contribution is 6.33. The van der Waals surface area contributed by atoms with Crippen molar-refractivity contribution in [2.75, 3.05) is 24.6 Å². The van der Waals surface area contributed by atoms with Gasteiger partial charge in [0.2, 0.25) is 5.28 Å². The summed E-state index contributed by atoms with van der Waals surface area (Å²) in [6, 6.07) is 0. The second-order valence-electron chi connectivity index (χ2n) is 3.02. The quantitative estimate of drug-likeness (QED) is 0.812. The van der Waals surface area contributed by atoms with E-state index in [1.807, 2.05) is 11.8 Å². The van der Waals surface area contributed by atoms with Crippen molar-refractivity contribution >= 4 is 29.0 Å². The lowest BCUT2D eigenvalue weighted by Gasteiger charge is -2.22. The van der Waals surface area contributed by atoms with E-state index >= 15 is 0 Å². The molecule has 0 atom stereocenters. The van der Waals surface area contributed by atoms with Crippen LogP contribution in [0, 0.1) is 0 Å². The topological polar surface area (TPSA) is 49.2 Å². The third-order valence-electron chi connectivity index (χ3n) is 1.86. The molecular weight excluding hydrogens is 237 g/mol. The summed E-state index contributed by atoms with van der Waals surface area (Å²) >= 11 is 11.6. The molecule has 1 heterocycles. The molecule has 0 amide bonds. The lowest BCUT2D eigenvalue weighted by Crippen LogP contribution is -2.28. The van der Waals surface area contributed by atoms with E-state index < -0.39 is 0 Å². The highest BCUT2D eigenvalue weighted by Crippen LogP contribution is 2.23. The Morgan fingerprint density at radius 1 is 1.40 bits per heavy atom. The Bertz CT molecular complexity index is 316. The Balaban J connectivity index is 2.93. The standard InChI is InChI=1S/C9H13Cl2N3O/c1-2-3-14(4-5-15)8-7(10)6-12-9(11)13-8/h6,15H,2-5H2,1H3. The molecule has 84 valence electrons. The monoisotopic (exact) mass is 249 g/mol. The molecule has 0 aliphatic rings. The minimum absolute atomic E-state index is 0.0535. The summed E-state index contributed by atoms with van der Waals surface area (Å²) in [6.07, 6.45) is 2.41. The first kappa shape index (κ1) is 12.5. The van der Waals surface area contributed by atoms with E-state index in [0.29, 0.717) is 17.4 Å². The maximum absolute atomic E-state index is 8.92. The minimum Gasteiger partial charge on any atom is -0.395 e.